The molecule has 0 aliphatic carbocycles. The average Bonchev–Trinajstić information content (AvgIpc) is 3.40. The van der Waals surface area contributed by atoms with Gasteiger partial charge in [0.05, 0.1) is 17.4 Å². The van der Waals surface area contributed by atoms with Crippen molar-refractivity contribution < 1.29 is 17.7 Å². The zero-order chi connectivity index (χ0) is 22.9. The molecule has 10 heteroatoms. The Hall–Kier alpha value is -2.62. The van der Waals surface area contributed by atoms with Crippen LogP contribution in [0.4, 0.5) is 5.69 Å². The molecule has 0 amide bonds. The molecule has 0 saturated carbocycles. The molecule has 1 fully saturated rings. The Labute approximate surface area is 192 Å². The first-order chi connectivity index (χ1) is 15.2. The van der Waals surface area contributed by atoms with Gasteiger partial charge in [-0.05, 0) is 62.7 Å². The van der Waals surface area contributed by atoms with Crippen molar-refractivity contribution >= 4 is 27.3 Å². The Balaban J connectivity index is 1.43. The summed E-state index contributed by atoms with van der Waals surface area (Å²) in [6, 6.07) is 13.1. The molecule has 2 heterocycles. The van der Waals surface area contributed by atoms with E-state index in [2.05, 4.69) is 15.5 Å². The number of nitrogens with one attached hydrogen (secondary N) is 1. The first-order valence-corrected chi connectivity index (χ1v) is 12.5. The van der Waals surface area contributed by atoms with Gasteiger partial charge >= 0.3 is 0 Å². The summed E-state index contributed by atoms with van der Waals surface area (Å²) in [5.41, 5.74) is 2.42. The summed E-state index contributed by atoms with van der Waals surface area (Å²) in [5, 5.41) is 7.93. The van der Waals surface area contributed by atoms with Gasteiger partial charge in [-0.25, -0.2) is 12.7 Å². The van der Waals surface area contributed by atoms with E-state index in [1.54, 1.807) is 12.1 Å². The highest BCUT2D eigenvalue weighted by Gasteiger charge is 2.28. The predicted octanol–water partition coefficient (Wildman–Crippen LogP) is 4.29. The maximum absolute atomic E-state index is 11.7. The summed E-state index contributed by atoms with van der Waals surface area (Å²) in [6.45, 7) is 4.88. The second-order valence-corrected chi connectivity index (χ2v) is 10.5. The molecule has 0 spiro atoms. The van der Waals surface area contributed by atoms with E-state index in [1.165, 1.54) is 10.6 Å². The Bertz CT molecular complexity index is 1190. The molecule has 0 bridgehead atoms. The van der Waals surface area contributed by atoms with Gasteiger partial charge in [-0.1, -0.05) is 16.8 Å². The number of ether oxygens (including phenoxy) is 1. The Morgan fingerprint density at radius 1 is 1.19 bits per heavy atom. The lowest BCUT2D eigenvalue weighted by molar-refractivity contribution is 0.242. The van der Waals surface area contributed by atoms with Crippen LogP contribution in [0.3, 0.4) is 0 Å². The molecule has 3 aromatic rings. The number of benzene rings is 2. The molecule has 1 saturated heterocycles. The van der Waals surface area contributed by atoms with E-state index in [0.717, 1.165) is 23.2 Å². The van der Waals surface area contributed by atoms with Crippen molar-refractivity contribution in [2.75, 3.05) is 24.7 Å². The molecule has 170 valence electrons. The van der Waals surface area contributed by atoms with Crippen molar-refractivity contribution in [3.8, 4) is 28.6 Å². The minimum absolute atomic E-state index is 0.0277. The van der Waals surface area contributed by atoms with Gasteiger partial charge in [0, 0.05) is 35.9 Å². The number of nitrogens with zero attached hydrogens (tertiary/aromatic N) is 3. The highest BCUT2D eigenvalue weighted by molar-refractivity contribution is 7.88. The molecule has 1 N–H and O–H groups in total. The van der Waals surface area contributed by atoms with Crippen molar-refractivity contribution in [3.63, 3.8) is 0 Å². The standard InChI is InChI=1S/C22H25ClN4O4S/c1-14(2)30-20-9-6-16(12-19(20)23)21-25-22(31-26-21)15-4-7-17(8-5-15)24-18-10-11-27(13-18)32(3,28)29/h4-9,12,14,18,24H,10-11,13H2,1-3H3. The topological polar surface area (TPSA) is 97.6 Å². The van der Waals surface area contributed by atoms with Crippen LogP contribution in [0, 0.1) is 0 Å². The quantitative estimate of drug-likeness (QED) is 0.543. The molecule has 1 unspecified atom stereocenters. The normalized spacial score (nSPS) is 17.1. The van der Waals surface area contributed by atoms with Crippen LogP contribution in [-0.2, 0) is 10.0 Å². The maximum Gasteiger partial charge on any atom is 0.258 e. The molecule has 2 aromatic carbocycles. The van der Waals surface area contributed by atoms with Crippen LogP contribution in [0.25, 0.3) is 22.8 Å². The van der Waals surface area contributed by atoms with Gasteiger partial charge in [-0.2, -0.15) is 4.98 Å². The zero-order valence-corrected chi connectivity index (χ0v) is 19.7. The van der Waals surface area contributed by atoms with E-state index in [-0.39, 0.29) is 12.1 Å². The Kier molecular flexibility index (Phi) is 6.41. The molecule has 0 radical (unpaired) electrons. The second-order valence-electron chi connectivity index (χ2n) is 8.06. The fourth-order valence-electron chi connectivity index (χ4n) is 3.54. The SMILES string of the molecule is CC(C)Oc1ccc(-c2noc(-c3ccc(NC4CCN(S(C)(=O)=O)C4)cc3)n2)cc1Cl. The molecule has 4 rings (SSSR count). The lowest BCUT2D eigenvalue weighted by Gasteiger charge is -2.15. The van der Waals surface area contributed by atoms with Crippen LogP contribution in [0.1, 0.15) is 20.3 Å². The van der Waals surface area contributed by atoms with Gasteiger partial charge in [0.2, 0.25) is 15.8 Å². The monoisotopic (exact) mass is 476 g/mol. The summed E-state index contributed by atoms with van der Waals surface area (Å²) in [5.74, 6) is 1.44. The average molecular weight is 477 g/mol. The van der Waals surface area contributed by atoms with Crippen LogP contribution in [0.2, 0.25) is 5.02 Å². The lowest BCUT2D eigenvalue weighted by atomic mass is 10.1. The van der Waals surface area contributed by atoms with E-state index in [4.69, 9.17) is 20.9 Å². The van der Waals surface area contributed by atoms with Gasteiger partial charge in [0.1, 0.15) is 5.75 Å². The summed E-state index contributed by atoms with van der Waals surface area (Å²) >= 11 is 6.31. The molecular formula is C22H25ClN4O4S. The fourth-order valence-corrected chi connectivity index (χ4v) is 4.65. The summed E-state index contributed by atoms with van der Waals surface area (Å²) in [6.07, 6.45) is 2.04. The van der Waals surface area contributed by atoms with Gasteiger partial charge in [0.25, 0.3) is 5.89 Å². The highest BCUT2D eigenvalue weighted by Crippen LogP contribution is 2.31. The lowest BCUT2D eigenvalue weighted by Crippen LogP contribution is -2.30. The van der Waals surface area contributed by atoms with Gasteiger partial charge < -0.3 is 14.6 Å². The molecule has 8 nitrogen and oxygen atoms in total. The van der Waals surface area contributed by atoms with Crippen LogP contribution < -0.4 is 10.1 Å². The maximum atomic E-state index is 11.7. The van der Waals surface area contributed by atoms with Crippen molar-refractivity contribution in [1.82, 2.24) is 14.4 Å². The number of aromatic nitrogens is 2. The highest BCUT2D eigenvalue weighted by atomic mass is 35.5. The predicted molar refractivity (Wildman–Crippen MR) is 124 cm³/mol. The van der Waals surface area contributed by atoms with E-state index in [1.807, 2.05) is 44.2 Å². The van der Waals surface area contributed by atoms with Gasteiger partial charge in [-0.15, -0.1) is 0 Å². The summed E-state index contributed by atoms with van der Waals surface area (Å²) in [7, 11) is -3.15. The summed E-state index contributed by atoms with van der Waals surface area (Å²) < 4.78 is 35.9. The molecule has 1 atom stereocenters. The van der Waals surface area contributed by atoms with Crippen molar-refractivity contribution in [2.45, 2.75) is 32.4 Å². The number of rotatable bonds is 7. The van der Waals surface area contributed by atoms with E-state index < -0.39 is 10.0 Å². The number of halogens is 1. The van der Waals surface area contributed by atoms with E-state index in [0.29, 0.717) is 35.6 Å². The van der Waals surface area contributed by atoms with Gasteiger partial charge in [-0.3, -0.25) is 0 Å². The second kappa shape index (κ2) is 9.09. The van der Waals surface area contributed by atoms with E-state index in [9.17, 15) is 8.42 Å². The van der Waals surface area contributed by atoms with Crippen molar-refractivity contribution in [2.24, 2.45) is 0 Å². The first kappa shape index (κ1) is 22.6. The third-order valence-corrected chi connectivity index (χ3v) is 6.67. The van der Waals surface area contributed by atoms with Crippen LogP contribution >= 0.6 is 11.6 Å². The third-order valence-electron chi connectivity index (χ3n) is 5.10. The van der Waals surface area contributed by atoms with Crippen molar-refractivity contribution in [3.05, 3.63) is 47.5 Å². The smallest absolute Gasteiger partial charge is 0.258 e. The molecule has 1 aliphatic rings. The number of hydrogen-bond acceptors (Lipinski definition) is 7. The molecular weight excluding hydrogens is 452 g/mol. The van der Waals surface area contributed by atoms with Crippen LogP contribution in [0.5, 0.6) is 5.75 Å². The Morgan fingerprint density at radius 3 is 2.53 bits per heavy atom. The van der Waals surface area contributed by atoms with Crippen molar-refractivity contribution in [1.29, 1.82) is 0 Å². The first-order valence-electron chi connectivity index (χ1n) is 10.3. The fraction of sp³-hybridized carbons (Fsp3) is 0.364. The molecule has 1 aliphatic heterocycles. The third kappa shape index (κ3) is 5.23. The number of anilines is 1. The molecule has 1 aromatic heterocycles. The van der Waals surface area contributed by atoms with Crippen LogP contribution in [0.15, 0.2) is 47.0 Å². The minimum Gasteiger partial charge on any atom is -0.489 e. The van der Waals surface area contributed by atoms with Gasteiger partial charge in [0.15, 0.2) is 0 Å². The molecule has 32 heavy (non-hydrogen) atoms. The minimum atomic E-state index is -3.15. The van der Waals surface area contributed by atoms with Crippen LogP contribution in [-0.4, -0.2) is 54.4 Å². The Morgan fingerprint density at radius 2 is 1.91 bits per heavy atom. The number of sulfonamides is 1. The zero-order valence-electron chi connectivity index (χ0n) is 18.1. The summed E-state index contributed by atoms with van der Waals surface area (Å²) in [4.78, 5) is 4.48. The van der Waals surface area contributed by atoms with E-state index >= 15 is 0 Å². The largest absolute Gasteiger partial charge is 0.489 e. The number of hydrogen-bond donors (Lipinski definition) is 1.